The van der Waals surface area contributed by atoms with Gasteiger partial charge in [-0.05, 0) is 67.6 Å². The van der Waals surface area contributed by atoms with Gasteiger partial charge in [-0.2, -0.15) is 0 Å². The van der Waals surface area contributed by atoms with Crippen LogP contribution in [0.5, 0.6) is 5.75 Å². The highest BCUT2D eigenvalue weighted by atomic mass is 79.9. The number of aromatic nitrogens is 1. The zero-order valence-corrected chi connectivity index (χ0v) is 17.5. The number of anilines is 1. The molecule has 0 radical (unpaired) electrons. The minimum absolute atomic E-state index is 0.266. The van der Waals surface area contributed by atoms with E-state index in [2.05, 4.69) is 36.5 Å². The Hall–Kier alpha value is -3.19. The lowest BCUT2D eigenvalue weighted by Gasteiger charge is -2.12. The van der Waals surface area contributed by atoms with Crippen LogP contribution in [-0.2, 0) is 6.54 Å². The van der Waals surface area contributed by atoms with Crippen molar-refractivity contribution < 1.29 is 9.53 Å². The van der Waals surface area contributed by atoms with E-state index < -0.39 is 0 Å². The molecule has 0 aliphatic rings. The third-order valence-electron chi connectivity index (χ3n) is 3.89. The van der Waals surface area contributed by atoms with Crippen LogP contribution < -0.4 is 15.4 Å². The molecular weight excluding hydrogens is 432 g/mol. The molecule has 3 rings (SSSR count). The Morgan fingerprint density at radius 3 is 2.48 bits per heavy atom. The van der Waals surface area contributed by atoms with Crippen molar-refractivity contribution in [1.82, 2.24) is 10.3 Å². The van der Waals surface area contributed by atoms with Crippen molar-refractivity contribution in [3.05, 3.63) is 88.7 Å². The molecule has 0 fully saturated rings. The van der Waals surface area contributed by atoms with E-state index in [-0.39, 0.29) is 5.91 Å². The van der Waals surface area contributed by atoms with Gasteiger partial charge in [-0.1, -0.05) is 22.0 Å². The summed E-state index contributed by atoms with van der Waals surface area (Å²) in [6, 6.07) is 20.2. The van der Waals surface area contributed by atoms with E-state index in [1.165, 1.54) is 0 Å². The summed E-state index contributed by atoms with van der Waals surface area (Å²) >= 11 is 3.41. The van der Waals surface area contributed by atoms with Gasteiger partial charge in [0.15, 0.2) is 0 Å². The quantitative estimate of drug-likeness (QED) is 0.421. The topological polar surface area (TPSA) is 75.6 Å². The zero-order chi connectivity index (χ0) is 20.5. The maximum atomic E-state index is 12.7. The lowest BCUT2D eigenvalue weighted by molar-refractivity contribution is 0.0977. The van der Waals surface area contributed by atoms with E-state index >= 15 is 0 Å². The van der Waals surface area contributed by atoms with Crippen molar-refractivity contribution in [3.63, 3.8) is 0 Å². The highest BCUT2D eigenvalue weighted by molar-refractivity contribution is 9.10. The first kappa shape index (κ1) is 20.5. The maximum absolute atomic E-state index is 12.7. The second-order valence-corrected chi connectivity index (χ2v) is 6.94. The van der Waals surface area contributed by atoms with Crippen LogP contribution in [0.2, 0.25) is 0 Å². The Morgan fingerprint density at radius 1 is 1.07 bits per heavy atom. The Bertz CT molecular complexity index is 958. The molecule has 0 spiro atoms. The smallest absolute Gasteiger partial charge is 0.257 e. The van der Waals surface area contributed by atoms with Gasteiger partial charge in [0.05, 0.1) is 18.8 Å². The minimum atomic E-state index is -0.266. The van der Waals surface area contributed by atoms with Gasteiger partial charge in [-0.15, -0.1) is 0 Å². The Balaban J connectivity index is 1.75. The molecule has 148 valence electrons. The van der Waals surface area contributed by atoms with Gasteiger partial charge in [-0.25, -0.2) is 4.99 Å². The number of aliphatic imine (C=N–C) groups is 1. The summed E-state index contributed by atoms with van der Waals surface area (Å²) in [5, 5.41) is 5.99. The molecular formula is C22H21BrN4O2. The van der Waals surface area contributed by atoms with Crippen LogP contribution in [0.25, 0.3) is 0 Å². The van der Waals surface area contributed by atoms with Gasteiger partial charge in [0.25, 0.3) is 5.91 Å². The number of nitrogens with zero attached hydrogens (tertiary/aromatic N) is 2. The van der Waals surface area contributed by atoms with Crippen LogP contribution in [0.1, 0.15) is 23.0 Å². The van der Waals surface area contributed by atoms with Crippen LogP contribution in [-0.4, -0.2) is 23.5 Å². The van der Waals surface area contributed by atoms with Gasteiger partial charge in [0, 0.05) is 21.9 Å². The number of guanidine groups is 1. The van der Waals surface area contributed by atoms with Crippen molar-refractivity contribution in [3.8, 4) is 5.75 Å². The molecule has 3 aromatic rings. The highest BCUT2D eigenvalue weighted by Crippen LogP contribution is 2.15. The van der Waals surface area contributed by atoms with Crippen LogP contribution in [0.15, 0.2) is 82.4 Å². The summed E-state index contributed by atoms with van der Waals surface area (Å²) in [6.07, 6.45) is 1.71. The molecule has 0 aliphatic heterocycles. The molecule has 7 heteroatoms. The second kappa shape index (κ2) is 10.4. The van der Waals surface area contributed by atoms with Gasteiger partial charge < -0.3 is 10.1 Å². The van der Waals surface area contributed by atoms with Crippen molar-refractivity contribution in [1.29, 1.82) is 0 Å². The number of amides is 1. The maximum Gasteiger partial charge on any atom is 0.257 e. The van der Waals surface area contributed by atoms with Crippen LogP contribution >= 0.6 is 15.9 Å². The predicted molar refractivity (Wildman–Crippen MR) is 118 cm³/mol. The Labute approximate surface area is 178 Å². The molecule has 6 nitrogen and oxygen atoms in total. The average Bonchev–Trinajstić information content (AvgIpc) is 2.75. The van der Waals surface area contributed by atoms with Crippen LogP contribution in [0.3, 0.4) is 0 Å². The van der Waals surface area contributed by atoms with E-state index in [0.29, 0.717) is 24.7 Å². The van der Waals surface area contributed by atoms with E-state index in [9.17, 15) is 4.79 Å². The minimum Gasteiger partial charge on any atom is -0.494 e. The SMILES string of the molecule is CCOc1ccc(C(=O)NC(=NCc2ccccn2)Nc2ccc(Br)cc2)cc1. The van der Waals surface area contributed by atoms with E-state index in [0.717, 1.165) is 21.6 Å². The molecule has 29 heavy (non-hydrogen) atoms. The number of hydrogen-bond acceptors (Lipinski definition) is 4. The molecule has 1 aromatic heterocycles. The van der Waals surface area contributed by atoms with E-state index in [1.807, 2.05) is 49.4 Å². The van der Waals surface area contributed by atoms with Crippen LogP contribution in [0.4, 0.5) is 5.69 Å². The number of carbonyl (C=O) groups is 1. The van der Waals surface area contributed by atoms with Crippen molar-refractivity contribution in [2.24, 2.45) is 4.99 Å². The van der Waals surface area contributed by atoms with Gasteiger partial charge in [-0.3, -0.25) is 15.1 Å². The van der Waals surface area contributed by atoms with Gasteiger partial charge >= 0.3 is 0 Å². The molecule has 0 unspecified atom stereocenters. The molecule has 0 saturated heterocycles. The lowest BCUT2D eigenvalue weighted by Crippen LogP contribution is -2.36. The summed E-state index contributed by atoms with van der Waals surface area (Å²) in [6.45, 7) is 2.83. The number of ether oxygens (including phenoxy) is 1. The summed E-state index contributed by atoms with van der Waals surface area (Å²) in [5.41, 5.74) is 2.12. The highest BCUT2D eigenvalue weighted by Gasteiger charge is 2.10. The van der Waals surface area contributed by atoms with Crippen molar-refractivity contribution >= 4 is 33.5 Å². The number of carbonyl (C=O) groups excluding carboxylic acids is 1. The molecule has 0 atom stereocenters. The third kappa shape index (κ3) is 6.43. The summed E-state index contributed by atoms with van der Waals surface area (Å²) in [7, 11) is 0. The normalized spacial score (nSPS) is 11.0. The van der Waals surface area contributed by atoms with Crippen molar-refractivity contribution in [2.75, 3.05) is 11.9 Å². The van der Waals surface area contributed by atoms with E-state index in [1.54, 1.807) is 30.5 Å². The monoisotopic (exact) mass is 452 g/mol. The Kier molecular flexibility index (Phi) is 7.35. The standard InChI is InChI=1S/C22H21BrN4O2/c1-2-29-20-12-6-16(7-13-20)21(28)27-22(25-15-19-5-3-4-14-24-19)26-18-10-8-17(23)9-11-18/h3-14H,2,15H2,1H3,(H2,25,26,27,28). The number of halogens is 1. The first-order valence-electron chi connectivity index (χ1n) is 9.15. The van der Waals surface area contributed by atoms with Crippen molar-refractivity contribution in [2.45, 2.75) is 13.5 Å². The molecule has 2 N–H and O–H groups in total. The predicted octanol–water partition coefficient (Wildman–Crippen LogP) is 4.64. The fourth-order valence-electron chi connectivity index (χ4n) is 2.48. The average molecular weight is 453 g/mol. The fourth-order valence-corrected chi connectivity index (χ4v) is 2.75. The van der Waals surface area contributed by atoms with Gasteiger partial charge in [0.1, 0.15) is 5.75 Å². The number of pyridine rings is 1. The second-order valence-electron chi connectivity index (χ2n) is 6.03. The summed E-state index contributed by atoms with van der Waals surface area (Å²) < 4.78 is 6.39. The number of hydrogen-bond donors (Lipinski definition) is 2. The summed E-state index contributed by atoms with van der Waals surface area (Å²) in [4.78, 5) is 21.4. The Morgan fingerprint density at radius 2 is 1.83 bits per heavy atom. The number of rotatable bonds is 6. The van der Waals surface area contributed by atoms with E-state index in [4.69, 9.17) is 4.74 Å². The molecule has 0 saturated carbocycles. The lowest BCUT2D eigenvalue weighted by atomic mass is 10.2. The van der Waals surface area contributed by atoms with Crippen LogP contribution in [0, 0.1) is 0 Å². The zero-order valence-electron chi connectivity index (χ0n) is 15.9. The fraction of sp³-hybridized carbons (Fsp3) is 0.136. The number of benzene rings is 2. The first-order valence-corrected chi connectivity index (χ1v) is 9.94. The van der Waals surface area contributed by atoms with Gasteiger partial charge in [0.2, 0.25) is 5.96 Å². The molecule has 0 bridgehead atoms. The molecule has 0 aliphatic carbocycles. The first-order chi connectivity index (χ1) is 14.1. The summed E-state index contributed by atoms with van der Waals surface area (Å²) in [5.74, 6) is 0.801. The molecule has 1 heterocycles. The molecule has 2 aromatic carbocycles. The molecule has 1 amide bonds. The third-order valence-corrected chi connectivity index (χ3v) is 4.42. The largest absolute Gasteiger partial charge is 0.494 e. The number of nitrogens with one attached hydrogen (secondary N) is 2.